The van der Waals surface area contributed by atoms with Gasteiger partial charge in [-0.25, -0.2) is 4.79 Å². The van der Waals surface area contributed by atoms with Crippen molar-refractivity contribution in [1.29, 1.82) is 0 Å². The highest BCUT2D eigenvalue weighted by Crippen LogP contribution is 2.16. The number of hydrogen-bond acceptors (Lipinski definition) is 3. The van der Waals surface area contributed by atoms with Gasteiger partial charge in [-0.15, -0.1) is 0 Å². The van der Waals surface area contributed by atoms with Gasteiger partial charge in [-0.1, -0.05) is 18.2 Å². The smallest absolute Gasteiger partial charge is 0.315 e. The average Bonchev–Trinajstić information content (AvgIpc) is 2.96. The van der Waals surface area contributed by atoms with Crippen molar-refractivity contribution in [2.24, 2.45) is 0 Å². The van der Waals surface area contributed by atoms with Crippen molar-refractivity contribution in [3.8, 4) is 5.75 Å². The summed E-state index contributed by atoms with van der Waals surface area (Å²) in [7, 11) is 1.61. The van der Waals surface area contributed by atoms with Gasteiger partial charge in [-0.3, -0.25) is 0 Å². The van der Waals surface area contributed by atoms with Crippen molar-refractivity contribution in [1.82, 2.24) is 10.6 Å². The number of amides is 2. The Labute approximate surface area is 111 Å². The van der Waals surface area contributed by atoms with E-state index >= 15 is 0 Å². The van der Waals surface area contributed by atoms with E-state index in [0.29, 0.717) is 18.8 Å². The van der Waals surface area contributed by atoms with E-state index in [-0.39, 0.29) is 6.03 Å². The molecule has 100 valence electrons. The first-order chi connectivity index (χ1) is 9.29. The highest BCUT2D eigenvalue weighted by atomic mass is 16.5. The largest absolute Gasteiger partial charge is 0.496 e. The zero-order valence-electron chi connectivity index (χ0n) is 10.7. The Kier molecular flexibility index (Phi) is 4.44. The van der Waals surface area contributed by atoms with Crippen molar-refractivity contribution < 1.29 is 13.9 Å². The van der Waals surface area contributed by atoms with Gasteiger partial charge in [0.25, 0.3) is 0 Å². The highest BCUT2D eigenvalue weighted by Gasteiger charge is 2.05. The fourth-order valence-corrected chi connectivity index (χ4v) is 1.67. The van der Waals surface area contributed by atoms with E-state index in [1.54, 1.807) is 25.5 Å². The molecule has 0 aliphatic rings. The van der Waals surface area contributed by atoms with Gasteiger partial charge in [-0.05, 0) is 18.2 Å². The second-order valence-corrected chi connectivity index (χ2v) is 3.93. The molecule has 19 heavy (non-hydrogen) atoms. The predicted octanol–water partition coefficient (Wildman–Crippen LogP) is 2.29. The topological polar surface area (TPSA) is 63.5 Å². The van der Waals surface area contributed by atoms with Gasteiger partial charge in [0.2, 0.25) is 0 Å². The number of para-hydroxylation sites is 1. The van der Waals surface area contributed by atoms with Gasteiger partial charge < -0.3 is 19.8 Å². The van der Waals surface area contributed by atoms with Crippen molar-refractivity contribution in [2.45, 2.75) is 13.1 Å². The maximum Gasteiger partial charge on any atom is 0.315 e. The van der Waals surface area contributed by atoms with E-state index in [4.69, 9.17) is 9.15 Å². The summed E-state index contributed by atoms with van der Waals surface area (Å²) in [6.07, 6.45) is 1.57. The number of benzene rings is 1. The van der Waals surface area contributed by atoms with E-state index in [2.05, 4.69) is 10.6 Å². The SMILES string of the molecule is COc1ccccc1CNC(=O)NCc1ccco1. The van der Waals surface area contributed by atoms with Gasteiger partial charge in [0.05, 0.1) is 19.9 Å². The molecule has 0 bridgehead atoms. The van der Waals surface area contributed by atoms with Crippen LogP contribution in [0.2, 0.25) is 0 Å². The van der Waals surface area contributed by atoms with E-state index in [1.165, 1.54) is 0 Å². The number of ether oxygens (including phenoxy) is 1. The lowest BCUT2D eigenvalue weighted by molar-refractivity contribution is 0.239. The van der Waals surface area contributed by atoms with Crippen LogP contribution < -0.4 is 15.4 Å². The number of nitrogens with one attached hydrogen (secondary N) is 2. The molecule has 5 nitrogen and oxygen atoms in total. The van der Waals surface area contributed by atoms with Crippen LogP contribution in [0, 0.1) is 0 Å². The van der Waals surface area contributed by atoms with Crippen LogP contribution >= 0.6 is 0 Å². The molecule has 0 unspecified atom stereocenters. The Morgan fingerprint density at radius 3 is 2.68 bits per heavy atom. The van der Waals surface area contributed by atoms with Gasteiger partial charge >= 0.3 is 6.03 Å². The summed E-state index contributed by atoms with van der Waals surface area (Å²) in [4.78, 5) is 11.6. The second kappa shape index (κ2) is 6.49. The first kappa shape index (κ1) is 13.0. The molecule has 2 aromatic rings. The molecular formula is C14H16N2O3. The molecule has 1 aromatic heterocycles. The molecule has 5 heteroatoms. The minimum absolute atomic E-state index is 0.248. The monoisotopic (exact) mass is 260 g/mol. The molecule has 0 aliphatic carbocycles. The van der Waals surface area contributed by atoms with Gasteiger partial charge in [0, 0.05) is 12.1 Å². The lowest BCUT2D eigenvalue weighted by atomic mass is 10.2. The van der Waals surface area contributed by atoms with Crippen molar-refractivity contribution >= 4 is 6.03 Å². The maximum atomic E-state index is 11.6. The molecule has 0 fully saturated rings. The minimum Gasteiger partial charge on any atom is -0.496 e. The van der Waals surface area contributed by atoms with Gasteiger partial charge in [0.1, 0.15) is 11.5 Å². The lowest BCUT2D eigenvalue weighted by Gasteiger charge is -2.10. The number of rotatable bonds is 5. The summed E-state index contributed by atoms with van der Waals surface area (Å²) in [6, 6.07) is 10.9. The summed E-state index contributed by atoms with van der Waals surface area (Å²) < 4.78 is 10.3. The van der Waals surface area contributed by atoms with Gasteiger partial charge in [-0.2, -0.15) is 0 Å². The molecular weight excluding hydrogens is 244 g/mol. The summed E-state index contributed by atoms with van der Waals surface area (Å²) in [5, 5.41) is 5.47. The molecule has 2 amide bonds. The molecule has 1 aromatic carbocycles. The molecule has 2 N–H and O–H groups in total. The molecule has 2 rings (SSSR count). The van der Waals surface area contributed by atoms with Crippen molar-refractivity contribution in [2.75, 3.05) is 7.11 Å². The van der Waals surface area contributed by atoms with Crippen LogP contribution in [0.1, 0.15) is 11.3 Å². The van der Waals surface area contributed by atoms with Crippen LogP contribution in [-0.2, 0) is 13.1 Å². The van der Waals surface area contributed by atoms with Crippen LogP contribution in [0.5, 0.6) is 5.75 Å². The number of carbonyl (C=O) groups excluding carboxylic acids is 1. The molecule has 0 aliphatic heterocycles. The first-order valence-electron chi connectivity index (χ1n) is 5.95. The highest BCUT2D eigenvalue weighted by molar-refractivity contribution is 5.73. The third-order valence-electron chi connectivity index (χ3n) is 2.64. The summed E-state index contributed by atoms with van der Waals surface area (Å²) in [6.45, 7) is 0.777. The quantitative estimate of drug-likeness (QED) is 0.867. The minimum atomic E-state index is -0.248. The third-order valence-corrected chi connectivity index (χ3v) is 2.64. The van der Waals surface area contributed by atoms with Crippen LogP contribution in [0.3, 0.4) is 0 Å². The number of methoxy groups -OCH3 is 1. The van der Waals surface area contributed by atoms with E-state index < -0.39 is 0 Å². The van der Waals surface area contributed by atoms with Crippen LogP contribution in [-0.4, -0.2) is 13.1 Å². The Bertz CT molecular complexity index is 523. The molecule has 0 saturated heterocycles. The van der Waals surface area contributed by atoms with Crippen LogP contribution in [0.25, 0.3) is 0 Å². The Hall–Kier alpha value is -2.43. The Morgan fingerprint density at radius 2 is 1.95 bits per heavy atom. The maximum absolute atomic E-state index is 11.6. The summed E-state index contributed by atoms with van der Waals surface area (Å²) in [5.74, 6) is 1.47. The fourth-order valence-electron chi connectivity index (χ4n) is 1.67. The van der Waals surface area contributed by atoms with E-state index in [9.17, 15) is 4.79 Å². The normalized spacial score (nSPS) is 9.95. The van der Waals surface area contributed by atoms with Crippen LogP contribution in [0.4, 0.5) is 4.79 Å². The Balaban J connectivity index is 1.80. The van der Waals surface area contributed by atoms with Crippen molar-refractivity contribution in [3.63, 3.8) is 0 Å². The van der Waals surface area contributed by atoms with Crippen molar-refractivity contribution in [3.05, 3.63) is 54.0 Å². The third kappa shape index (κ3) is 3.77. The molecule has 0 spiro atoms. The van der Waals surface area contributed by atoms with Crippen LogP contribution in [0.15, 0.2) is 47.1 Å². The Morgan fingerprint density at radius 1 is 1.16 bits per heavy atom. The van der Waals surface area contributed by atoms with E-state index in [0.717, 1.165) is 11.3 Å². The standard InChI is InChI=1S/C14H16N2O3/c1-18-13-7-3-2-5-11(13)9-15-14(17)16-10-12-6-4-8-19-12/h2-8H,9-10H2,1H3,(H2,15,16,17). The summed E-state index contributed by atoms with van der Waals surface area (Å²) >= 11 is 0. The molecule has 0 saturated carbocycles. The average molecular weight is 260 g/mol. The zero-order valence-corrected chi connectivity index (χ0v) is 10.7. The number of furan rings is 1. The lowest BCUT2D eigenvalue weighted by Crippen LogP contribution is -2.34. The number of urea groups is 1. The summed E-state index contributed by atoms with van der Waals surface area (Å²) in [5.41, 5.74) is 0.929. The molecule has 0 atom stereocenters. The van der Waals surface area contributed by atoms with E-state index in [1.807, 2.05) is 24.3 Å². The zero-order chi connectivity index (χ0) is 13.5. The predicted molar refractivity (Wildman–Crippen MR) is 70.8 cm³/mol. The molecule has 1 heterocycles. The first-order valence-corrected chi connectivity index (χ1v) is 5.95. The fraction of sp³-hybridized carbons (Fsp3) is 0.214. The number of hydrogen-bond donors (Lipinski definition) is 2. The van der Waals surface area contributed by atoms with Gasteiger partial charge in [0.15, 0.2) is 0 Å². The molecule has 0 radical (unpaired) electrons. The second-order valence-electron chi connectivity index (χ2n) is 3.93. The number of carbonyl (C=O) groups is 1.